The molecule has 7 nitrogen and oxygen atoms in total. The molecule has 0 N–H and O–H groups in total. The van der Waals surface area contributed by atoms with Crippen molar-refractivity contribution in [2.75, 3.05) is 6.54 Å². The van der Waals surface area contributed by atoms with Crippen molar-refractivity contribution in [1.82, 2.24) is 25.1 Å². The van der Waals surface area contributed by atoms with Gasteiger partial charge in [0.25, 0.3) is 5.91 Å². The summed E-state index contributed by atoms with van der Waals surface area (Å²) in [5.74, 6) is 1.52. The van der Waals surface area contributed by atoms with Crippen LogP contribution in [0.25, 0.3) is 5.69 Å². The summed E-state index contributed by atoms with van der Waals surface area (Å²) in [6.45, 7) is 4.44. The molecule has 1 atom stereocenters. The van der Waals surface area contributed by atoms with E-state index in [2.05, 4.69) is 15.4 Å². The van der Waals surface area contributed by atoms with Crippen LogP contribution in [-0.4, -0.2) is 37.6 Å². The van der Waals surface area contributed by atoms with Crippen LogP contribution >= 0.6 is 11.6 Å². The van der Waals surface area contributed by atoms with Gasteiger partial charge < -0.3 is 9.32 Å². The molecule has 1 aliphatic heterocycles. The summed E-state index contributed by atoms with van der Waals surface area (Å²) in [4.78, 5) is 16.2. The minimum absolute atomic E-state index is 0.130. The summed E-state index contributed by atoms with van der Waals surface area (Å²) in [5.41, 5.74) is 1.70. The summed E-state index contributed by atoms with van der Waals surface area (Å²) in [6, 6.07) is 8.82. The molecule has 1 fully saturated rings. The molecule has 0 saturated carbocycles. The number of likely N-dealkylation sites (tertiary alicyclic amines) is 1. The van der Waals surface area contributed by atoms with E-state index in [1.165, 1.54) is 4.80 Å². The average Bonchev–Trinajstić information content (AvgIpc) is 3.29. The number of benzene rings is 1. The topological polar surface area (TPSA) is 77.1 Å². The van der Waals surface area contributed by atoms with Gasteiger partial charge in [-0.1, -0.05) is 17.7 Å². The number of piperidine rings is 1. The van der Waals surface area contributed by atoms with Gasteiger partial charge in [-0.3, -0.25) is 4.79 Å². The quantitative estimate of drug-likeness (QED) is 0.683. The Morgan fingerprint density at radius 3 is 2.85 bits per heavy atom. The van der Waals surface area contributed by atoms with Crippen LogP contribution in [0.1, 0.15) is 53.0 Å². The number of hydrogen-bond acceptors (Lipinski definition) is 5. The highest BCUT2D eigenvalue weighted by molar-refractivity contribution is 6.30. The van der Waals surface area contributed by atoms with Gasteiger partial charge in [0, 0.05) is 11.6 Å². The maximum atomic E-state index is 13.0. The minimum Gasteiger partial charge on any atom is -0.456 e. The second-order valence-electron chi connectivity index (χ2n) is 6.78. The average molecular weight is 386 g/mol. The van der Waals surface area contributed by atoms with Gasteiger partial charge in [0.1, 0.15) is 5.76 Å². The predicted molar refractivity (Wildman–Crippen MR) is 100.0 cm³/mol. The molecular formula is C19H20ClN5O2. The lowest BCUT2D eigenvalue weighted by molar-refractivity contribution is 0.0566. The van der Waals surface area contributed by atoms with Gasteiger partial charge >= 0.3 is 0 Å². The van der Waals surface area contributed by atoms with Crippen molar-refractivity contribution in [3.8, 4) is 5.69 Å². The first-order valence-corrected chi connectivity index (χ1v) is 9.34. The summed E-state index contributed by atoms with van der Waals surface area (Å²) in [5, 5.41) is 13.5. The van der Waals surface area contributed by atoms with Gasteiger partial charge in [-0.2, -0.15) is 0 Å². The maximum Gasteiger partial charge on any atom is 0.290 e. The lowest BCUT2D eigenvalue weighted by Crippen LogP contribution is -2.39. The molecule has 1 amide bonds. The molecule has 1 saturated heterocycles. The number of aromatic nitrogens is 4. The Balaban J connectivity index is 1.62. The largest absolute Gasteiger partial charge is 0.456 e. The lowest BCUT2D eigenvalue weighted by Gasteiger charge is -2.33. The van der Waals surface area contributed by atoms with E-state index >= 15 is 0 Å². The van der Waals surface area contributed by atoms with Crippen LogP contribution < -0.4 is 0 Å². The van der Waals surface area contributed by atoms with Crippen LogP contribution in [0.2, 0.25) is 5.02 Å². The van der Waals surface area contributed by atoms with Crippen LogP contribution in [0.5, 0.6) is 0 Å². The molecule has 3 heterocycles. The van der Waals surface area contributed by atoms with Gasteiger partial charge in [-0.25, -0.2) is 0 Å². The molecule has 27 heavy (non-hydrogen) atoms. The van der Waals surface area contributed by atoms with Crippen LogP contribution in [0.15, 0.2) is 34.7 Å². The molecule has 0 bridgehead atoms. The van der Waals surface area contributed by atoms with Gasteiger partial charge in [0.05, 0.1) is 11.7 Å². The fourth-order valence-electron chi connectivity index (χ4n) is 3.33. The van der Waals surface area contributed by atoms with Gasteiger partial charge in [0.15, 0.2) is 11.6 Å². The molecule has 1 unspecified atom stereocenters. The third-order valence-corrected chi connectivity index (χ3v) is 5.14. The number of amides is 1. The first kappa shape index (κ1) is 17.7. The monoisotopic (exact) mass is 385 g/mol. The summed E-state index contributed by atoms with van der Waals surface area (Å²) >= 11 is 6.04. The Morgan fingerprint density at radius 2 is 2.11 bits per heavy atom. The second kappa shape index (κ2) is 7.15. The Kier molecular flexibility index (Phi) is 4.70. The number of nitrogens with zero attached hydrogens (tertiary/aromatic N) is 5. The fraction of sp³-hybridized carbons (Fsp3) is 0.368. The highest BCUT2D eigenvalue weighted by Crippen LogP contribution is 2.31. The molecule has 140 valence electrons. The first-order chi connectivity index (χ1) is 13.0. The number of aryl methyl sites for hydroxylation is 2. The van der Waals surface area contributed by atoms with Crippen LogP contribution in [0.4, 0.5) is 0 Å². The van der Waals surface area contributed by atoms with E-state index in [4.69, 9.17) is 16.0 Å². The molecule has 1 aliphatic rings. The van der Waals surface area contributed by atoms with Crippen LogP contribution in [-0.2, 0) is 0 Å². The van der Waals surface area contributed by atoms with Crippen molar-refractivity contribution in [2.24, 2.45) is 0 Å². The Bertz CT molecular complexity index is 961. The third kappa shape index (κ3) is 3.47. The molecule has 1 aromatic carbocycles. The second-order valence-corrected chi connectivity index (χ2v) is 7.21. The number of rotatable bonds is 3. The number of carbonyl (C=O) groups excluding carboxylic acids is 1. The molecule has 0 radical (unpaired) electrons. The summed E-state index contributed by atoms with van der Waals surface area (Å²) in [7, 11) is 0. The SMILES string of the molecule is Cc1cc(C(=O)N2CCCCC2c2nnn(-c3cccc(Cl)c3)n2)oc1C. The highest BCUT2D eigenvalue weighted by Gasteiger charge is 2.33. The van der Waals surface area contributed by atoms with Crippen molar-refractivity contribution in [2.45, 2.75) is 39.2 Å². The molecule has 3 aromatic rings. The number of furan rings is 1. The standard InChI is InChI=1S/C19H20ClN5O2/c1-12-10-17(27-13(12)2)19(26)24-9-4-3-8-16(24)18-21-23-25(22-18)15-7-5-6-14(20)11-15/h5-7,10-11,16H,3-4,8-9H2,1-2H3. The van der Waals surface area contributed by atoms with E-state index in [0.29, 0.717) is 23.2 Å². The molecule has 8 heteroatoms. The van der Waals surface area contributed by atoms with E-state index in [-0.39, 0.29) is 11.9 Å². The molecular weight excluding hydrogens is 366 g/mol. The zero-order chi connectivity index (χ0) is 19.0. The molecule has 4 rings (SSSR count). The van der Waals surface area contributed by atoms with E-state index in [1.807, 2.05) is 26.0 Å². The molecule has 2 aromatic heterocycles. The van der Waals surface area contributed by atoms with E-state index in [0.717, 1.165) is 36.3 Å². The Hall–Kier alpha value is -2.67. The van der Waals surface area contributed by atoms with E-state index in [9.17, 15) is 4.79 Å². The van der Waals surface area contributed by atoms with Gasteiger partial charge in [-0.05, 0) is 68.2 Å². The zero-order valence-electron chi connectivity index (χ0n) is 15.2. The fourth-order valence-corrected chi connectivity index (χ4v) is 3.52. The normalized spacial score (nSPS) is 17.3. The van der Waals surface area contributed by atoms with Gasteiger partial charge in [-0.15, -0.1) is 15.0 Å². The van der Waals surface area contributed by atoms with Crippen molar-refractivity contribution in [3.63, 3.8) is 0 Å². The maximum absolute atomic E-state index is 13.0. The van der Waals surface area contributed by atoms with Gasteiger partial charge in [0.2, 0.25) is 0 Å². The van der Waals surface area contributed by atoms with Crippen molar-refractivity contribution < 1.29 is 9.21 Å². The number of halogens is 1. The highest BCUT2D eigenvalue weighted by atomic mass is 35.5. The zero-order valence-corrected chi connectivity index (χ0v) is 16.0. The predicted octanol–water partition coefficient (Wildman–Crippen LogP) is 3.89. The van der Waals surface area contributed by atoms with E-state index < -0.39 is 0 Å². The summed E-state index contributed by atoms with van der Waals surface area (Å²) < 4.78 is 5.63. The van der Waals surface area contributed by atoms with Crippen molar-refractivity contribution in [1.29, 1.82) is 0 Å². The molecule has 0 aliphatic carbocycles. The number of tetrazole rings is 1. The lowest BCUT2D eigenvalue weighted by atomic mass is 10.0. The Morgan fingerprint density at radius 1 is 1.26 bits per heavy atom. The molecule has 0 spiro atoms. The van der Waals surface area contributed by atoms with E-state index in [1.54, 1.807) is 23.1 Å². The number of carbonyl (C=O) groups is 1. The smallest absolute Gasteiger partial charge is 0.290 e. The van der Waals surface area contributed by atoms with Crippen LogP contribution in [0, 0.1) is 13.8 Å². The third-order valence-electron chi connectivity index (χ3n) is 4.91. The first-order valence-electron chi connectivity index (χ1n) is 8.97. The summed E-state index contributed by atoms with van der Waals surface area (Å²) in [6.07, 6.45) is 2.76. The minimum atomic E-state index is -0.218. The Labute approximate surface area is 161 Å². The van der Waals surface area contributed by atoms with Crippen LogP contribution in [0.3, 0.4) is 0 Å². The van der Waals surface area contributed by atoms with Crippen molar-refractivity contribution in [3.05, 3.63) is 58.3 Å². The van der Waals surface area contributed by atoms with Crippen molar-refractivity contribution >= 4 is 17.5 Å². The number of hydrogen-bond donors (Lipinski definition) is 0.